The molecule has 1 nitrogen and oxygen atoms in total. The highest BCUT2D eigenvalue weighted by molar-refractivity contribution is 5.85. The third-order valence-corrected chi connectivity index (χ3v) is 3.46. The Hall–Kier alpha value is -1.76. The number of fused-ring (bicyclic) bond motifs is 1. The smallest absolute Gasteiger partial charge is 0.0341 e. The van der Waals surface area contributed by atoms with Gasteiger partial charge >= 0.3 is 0 Å². The molecule has 18 heavy (non-hydrogen) atoms. The normalized spacial score (nSPS) is 12.3. The van der Waals surface area contributed by atoms with Crippen molar-refractivity contribution < 1.29 is 0 Å². The zero-order valence-corrected chi connectivity index (χ0v) is 11.2. The van der Waals surface area contributed by atoms with Crippen LogP contribution in [-0.4, -0.2) is 6.54 Å². The number of hydrogen-bond acceptors (Lipinski definition) is 1. The maximum absolute atomic E-state index is 4.13. The van der Waals surface area contributed by atoms with Crippen molar-refractivity contribution in [2.45, 2.75) is 20.3 Å². The van der Waals surface area contributed by atoms with Gasteiger partial charge in [-0.1, -0.05) is 63.2 Å². The summed E-state index contributed by atoms with van der Waals surface area (Å²) < 4.78 is 0. The lowest BCUT2D eigenvalue weighted by Crippen LogP contribution is -2.18. The molecule has 1 unspecified atom stereocenters. The molecule has 1 N–H and O–H groups in total. The van der Waals surface area contributed by atoms with Crippen LogP contribution in [0, 0.1) is 5.92 Å². The summed E-state index contributed by atoms with van der Waals surface area (Å²) in [7, 11) is 0. The van der Waals surface area contributed by atoms with Gasteiger partial charge in [0.1, 0.15) is 0 Å². The molecule has 0 saturated heterocycles. The topological polar surface area (TPSA) is 12.0 Å². The van der Waals surface area contributed by atoms with E-state index in [0.717, 1.165) is 12.2 Å². The summed E-state index contributed by atoms with van der Waals surface area (Å²) in [6, 6.07) is 14.9. The minimum atomic E-state index is 0.683. The van der Waals surface area contributed by atoms with Crippen molar-refractivity contribution in [3.63, 3.8) is 0 Å². The van der Waals surface area contributed by atoms with Crippen molar-refractivity contribution in [3.8, 4) is 0 Å². The van der Waals surface area contributed by atoms with Crippen LogP contribution in [0.4, 0.5) is 0 Å². The van der Waals surface area contributed by atoms with E-state index in [1.165, 1.54) is 22.8 Å². The highest BCUT2D eigenvalue weighted by Crippen LogP contribution is 2.19. The molecule has 2 aromatic rings. The summed E-state index contributed by atoms with van der Waals surface area (Å²) in [5.74, 6) is 0.683. The standard InChI is InChI=1S/C17H21N/c1-4-13(2)12-18-14(3)16-10-9-15-7-5-6-8-17(15)11-16/h5-11,13,18H,3-4,12H2,1-2H3. The van der Waals surface area contributed by atoms with Gasteiger partial charge in [0.25, 0.3) is 0 Å². The number of hydrogen-bond donors (Lipinski definition) is 1. The molecule has 0 amide bonds. The maximum atomic E-state index is 4.13. The molecule has 94 valence electrons. The van der Waals surface area contributed by atoms with Gasteiger partial charge in [0.2, 0.25) is 0 Å². The van der Waals surface area contributed by atoms with E-state index in [-0.39, 0.29) is 0 Å². The Morgan fingerprint density at radius 3 is 2.61 bits per heavy atom. The highest BCUT2D eigenvalue weighted by Gasteiger charge is 2.02. The quantitative estimate of drug-likeness (QED) is 0.813. The fourth-order valence-electron chi connectivity index (χ4n) is 1.92. The van der Waals surface area contributed by atoms with E-state index >= 15 is 0 Å². The fourth-order valence-corrected chi connectivity index (χ4v) is 1.92. The number of benzene rings is 2. The first-order valence-corrected chi connectivity index (χ1v) is 6.62. The monoisotopic (exact) mass is 239 g/mol. The summed E-state index contributed by atoms with van der Waals surface area (Å²) in [5.41, 5.74) is 2.19. The van der Waals surface area contributed by atoms with Crippen molar-refractivity contribution in [2.75, 3.05) is 6.54 Å². The summed E-state index contributed by atoms with van der Waals surface area (Å²) in [6.07, 6.45) is 1.19. The number of rotatable bonds is 5. The zero-order chi connectivity index (χ0) is 13.0. The summed E-state index contributed by atoms with van der Waals surface area (Å²) in [5, 5.41) is 5.96. The van der Waals surface area contributed by atoms with Crippen molar-refractivity contribution >= 4 is 16.5 Å². The Kier molecular flexibility index (Phi) is 4.03. The molecule has 0 spiro atoms. The predicted octanol–water partition coefficient (Wildman–Crippen LogP) is 4.45. The first kappa shape index (κ1) is 12.7. The Bertz CT molecular complexity index is 542. The van der Waals surface area contributed by atoms with Crippen LogP contribution in [0.5, 0.6) is 0 Å². The summed E-state index contributed by atoms with van der Waals surface area (Å²) in [4.78, 5) is 0. The average molecular weight is 239 g/mol. The van der Waals surface area contributed by atoms with Crippen LogP contribution < -0.4 is 5.32 Å². The van der Waals surface area contributed by atoms with Crippen molar-refractivity contribution in [2.24, 2.45) is 5.92 Å². The van der Waals surface area contributed by atoms with Crippen LogP contribution in [0.2, 0.25) is 0 Å². The second kappa shape index (κ2) is 5.72. The van der Waals surface area contributed by atoms with Crippen LogP contribution in [0.15, 0.2) is 49.0 Å². The Morgan fingerprint density at radius 2 is 1.89 bits per heavy atom. The van der Waals surface area contributed by atoms with Crippen LogP contribution >= 0.6 is 0 Å². The molecule has 2 aromatic carbocycles. The molecule has 1 atom stereocenters. The second-order valence-corrected chi connectivity index (χ2v) is 4.93. The summed E-state index contributed by atoms with van der Waals surface area (Å²) in [6.45, 7) is 9.58. The molecule has 0 fully saturated rings. The van der Waals surface area contributed by atoms with E-state index in [4.69, 9.17) is 0 Å². The lowest BCUT2D eigenvalue weighted by molar-refractivity contribution is 0.544. The van der Waals surface area contributed by atoms with Crippen LogP contribution in [0.3, 0.4) is 0 Å². The average Bonchev–Trinajstić information content (AvgIpc) is 2.43. The van der Waals surface area contributed by atoms with Crippen LogP contribution in [0.1, 0.15) is 25.8 Å². The van der Waals surface area contributed by atoms with Gasteiger partial charge in [0.15, 0.2) is 0 Å². The lowest BCUT2D eigenvalue weighted by Gasteiger charge is -2.14. The molecule has 0 aliphatic carbocycles. The van der Waals surface area contributed by atoms with Gasteiger partial charge in [-0.25, -0.2) is 0 Å². The van der Waals surface area contributed by atoms with Gasteiger partial charge in [-0.3, -0.25) is 0 Å². The van der Waals surface area contributed by atoms with E-state index < -0.39 is 0 Å². The van der Waals surface area contributed by atoms with Crippen molar-refractivity contribution in [1.82, 2.24) is 5.32 Å². The predicted molar refractivity (Wildman–Crippen MR) is 80.4 cm³/mol. The van der Waals surface area contributed by atoms with Crippen LogP contribution in [-0.2, 0) is 0 Å². The second-order valence-electron chi connectivity index (χ2n) is 4.93. The minimum absolute atomic E-state index is 0.683. The van der Waals surface area contributed by atoms with Gasteiger partial charge in [0, 0.05) is 12.2 Å². The van der Waals surface area contributed by atoms with Crippen molar-refractivity contribution in [1.29, 1.82) is 0 Å². The molecule has 0 aliphatic heterocycles. The molecule has 0 heterocycles. The third-order valence-electron chi connectivity index (χ3n) is 3.46. The zero-order valence-electron chi connectivity index (χ0n) is 11.2. The Labute approximate surface area is 110 Å². The number of nitrogens with one attached hydrogen (secondary N) is 1. The molecular formula is C17H21N. The SMILES string of the molecule is C=C(NCC(C)CC)c1ccc2ccccc2c1. The largest absolute Gasteiger partial charge is 0.385 e. The molecule has 0 saturated carbocycles. The molecule has 0 radical (unpaired) electrons. The molecule has 2 rings (SSSR count). The van der Waals surface area contributed by atoms with Crippen molar-refractivity contribution in [3.05, 3.63) is 54.6 Å². The maximum Gasteiger partial charge on any atom is 0.0341 e. The molecular weight excluding hydrogens is 218 g/mol. The van der Waals surface area contributed by atoms with E-state index in [9.17, 15) is 0 Å². The van der Waals surface area contributed by atoms with E-state index in [0.29, 0.717) is 5.92 Å². The van der Waals surface area contributed by atoms with Gasteiger partial charge in [-0.2, -0.15) is 0 Å². The van der Waals surface area contributed by atoms with E-state index in [2.05, 4.69) is 68.2 Å². The van der Waals surface area contributed by atoms with E-state index in [1.54, 1.807) is 0 Å². The minimum Gasteiger partial charge on any atom is -0.385 e. The van der Waals surface area contributed by atoms with Gasteiger partial charge in [0.05, 0.1) is 0 Å². The van der Waals surface area contributed by atoms with E-state index in [1.807, 2.05) is 0 Å². The molecule has 1 heteroatoms. The molecule has 0 bridgehead atoms. The first-order valence-electron chi connectivity index (χ1n) is 6.62. The summed E-state index contributed by atoms with van der Waals surface area (Å²) >= 11 is 0. The van der Waals surface area contributed by atoms with Crippen LogP contribution in [0.25, 0.3) is 16.5 Å². The van der Waals surface area contributed by atoms with Gasteiger partial charge in [-0.05, 0) is 28.3 Å². The highest BCUT2D eigenvalue weighted by atomic mass is 14.9. The Morgan fingerprint density at radius 1 is 1.17 bits per heavy atom. The first-order chi connectivity index (χ1) is 8.70. The molecule has 0 aliphatic rings. The lowest BCUT2D eigenvalue weighted by atomic mass is 10.0. The van der Waals surface area contributed by atoms with Gasteiger partial charge < -0.3 is 5.32 Å². The fraction of sp³-hybridized carbons (Fsp3) is 0.294. The molecule has 0 aromatic heterocycles. The Balaban J connectivity index is 2.13. The third kappa shape index (κ3) is 2.92. The van der Waals surface area contributed by atoms with Gasteiger partial charge in [-0.15, -0.1) is 0 Å².